The number of pyridine rings is 1. The second-order valence-corrected chi connectivity index (χ2v) is 6.23. The summed E-state index contributed by atoms with van der Waals surface area (Å²) in [6.45, 7) is 10.3. The summed E-state index contributed by atoms with van der Waals surface area (Å²) in [7, 11) is 1.86. The smallest absolute Gasteiger partial charge is 0.242 e. The van der Waals surface area contributed by atoms with Crippen LogP contribution in [0.4, 0.5) is 0 Å². The van der Waals surface area contributed by atoms with E-state index in [2.05, 4.69) is 15.2 Å². The van der Waals surface area contributed by atoms with Crippen molar-refractivity contribution in [3.05, 3.63) is 29.6 Å². The van der Waals surface area contributed by atoms with E-state index in [1.54, 1.807) is 4.90 Å². The van der Waals surface area contributed by atoms with Crippen LogP contribution in [0.15, 0.2) is 18.2 Å². The lowest BCUT2D eigenvalue weighted by Crippen LogP contribution is -2.60. The molecule has 2 rings (SSSR count). The first-order valence-corrected chi connectivity index (χ1v) is 7.55. The van der Waals surface area contributed by atoms with Gasteiger partial charge in [0, 0.05) is 38.9 Å². The van der Waals surface area contributed by atoms with Gasteiger partial charge in [-0.25, -0.2) is 0 Å². The van der Waals surface area contributed by atoms with Gasteiger partial charge in [-0.15, -0.1) is 0 Å². The molecule has 1 aliphatic heterocycles. The number of rotatable bonds is 4. The molecular formula is C16H26N4O. The van der Waals surface area contributed by atoms with Gasteiger partial charge in [0.05, 0.1) is 17.8 Å². The summed E-state index contributed by atoms with van der Waals surface area (Å²) in [6.07, 6.45) is 0. The van der Waals surface area contributed by atoms with Crippen LogP contribution in [0.1, 0.15) is 25.2 Å². The Bertz CT molecular complexity index is 495. The zero-order valence-electron chi connectivity index (χ0n) is 13.5. The number of hydrogen-bond donors (Lipinski definition) is 1. The van der Waals surface area contributed by atoms with Gasteiger partial charge >= 0.3 is 0 Å². The van der Waals surface area contributed by atoms with E-state index in [-0.39, 0.29) is 5.91 Å². The molecule has 0 aromatic carbocycles. The molecule has 21 heavy (non-hydrogen) atoms. The van der Waals surface area contributed by atoms with Crippen LogP contribution in [0.25, 0.3) is 0 Å². The van der Waals surface area contributed by atoms with Crippen molar-refractivity contribution in [1.29, 1.82) is 0 Å². The van der Waals surface area contributed by atoms with E-state index in [1.165, 1.54) is 0 Å². The molecule has 1 saturated heterocycles. The average Bonchev–Trinajstić information content (AvgIpc) is 2.47. The third-order valence-corrected chi connectivity index (χ3v) is 4.12. The summed E-state index contributed by atoms with van der Waals surface area (Å²) >= 11 is 0. The first-order valence-electron chi connectivity index (χ1n) is 7.55. The minimum Gasteiger partial charge on any atom is -0.338 e. The highest BCUT2D eigenvalue weighted by molar-refractivity contribution is 5.85. The van der Waals surface area contributed by atoms with Gasteiger partial charge in [0.15, 0.2) is 0 Å². The van der Waals surface area contributed by atoms with Crippen molar-refractivity contribution >= 4 is 5.91 Å². The van der Waals surface area contributed by atoms with Crippen LogP contribution in [-0.2, 0) is 11.3 Å². The van der Waals surface area contributed by atoms with E-state index in [0.29, 0.717) is 6.54 Å². The molecule has 1 aromatic rings. The van der Waals surface area contributed by atoms with E-state index in [1.807, 2.05) is 46.0 Å². The number of carbonyl (C=O) groups excluding carboxylic acids is 1. The molecule has 5 heteroatoms. The molecule has 1 N–H and O–H groups in total. The van der Waals surface area contributed by atoms with Crippen molar-refractivity contribution in [3.63, 3.8) is 0 Å². The number of aryl methyl sites for hydroxylation is 1. The molecular weight excluding hydrogens is 264 g/mol. The number of nitrogens with one attached hydrogen (secondary N) is 1. The highest BCUT2D eigenvalue weighted by atomic mass is 16.2. The Balaban J connectivity index is 2.03. The van der Waals surface area contributed by atoms with Crippen molar-refractivity contribution in [1.82, 2.24) is 20.1 Å². The second-order valence-electron chi connectivity index (χ2n) is 6.23. The van der Waals surface area contributed by atoms with E-state index >= 15 is 0 Å². The number of nitrogens with zero attached hydrogens (tertiary/aromatic N) is 3. The van der Waals surface area contributed by atoms with Gasteiger partial charge in [-0.2, -0.15) is 0 Å². The van der Waals surface area contributed by atoms with Crippen molar-refractivity contribution in [2.45, 2.75) is 32.9 Å². The summed E-state index contributed by atoms with van der Waals surface area (Å²) in [4.78, 5) is 21.3. The van der Waals surface area contributed by atoms with Gasteiger partial charge in [0.25, 0.3) is 0 Å². The van der Waals surface area contributed by atoms with Crippen molar-refractivity contribution in [2.24, 2.45) is 0 Å². The van der Waals surface area contributed by atoms with E-state index in [9.17, 15) is 4.79 Å². The van der Waals surface area contributed by atoms with Crippen LogP contribution in [0, 0.1) is 6.92 Å². The molecule has 2 heterocycles. The topological polar surface area (TPSA) is 48.5 Å². The Labute approximate surface area is 127 Å². The van der Waals surface area contributed by atoms with Crippen LogP contribution in [0.2, 0.25) is 0 Å². The fourth-order valence-corrected chi connectivity index (χ4v) is 2.83. The standard InChI is InChI=1S/C16H26N4O/c1-13-6-5-7-14(18-13)12-19(4)15(21)16(2,3)20-10-8-17-9-11-20/h5-7,17H,8-12H2,1-4H3. The van der Waals surface area contributed by atoms with Gasteiger partial charge in [-0.05, 0) is 32.9 Å². The van der Waals surface area contributed by atoms with E-state index in [4.69, 9.17) is 0 Å². The molecule has 5 nitrogen and oxygen atoms in total. The van der Waals surface area contributed by atoms with Crippen molar-refractivity contribution < 1.29 is 4.79 Å². The summed E-state index contributed by atoms with van der Waals surface area (Å²) in [5, 5.41) is 3.32. The van der Waals surface area contributed by atoms with E-state index in [0.717, 1.165) is 37.6 Å². The number of piperazine rings is 1. The Morgan fingerprint density at radius 3 is 2.67 bits per heavy atom. The largest absolute Gasteiger partial charge is 0.338 e. The van der Waals surface area contributed by atoms with Crippen LogP contribution in [0.3, 0.4) is 0 Å². The van der Waals surface area contributed by atoms with Crippen LogP contribution in [0.5, 0.6) is 0 Å². The van der Waals surface area contributed by atoms with Gasteiger partial charge in [0.2, 0.25) is 5.91 Å². The lowest BCUT2D eigenvalue weighted by Gasteiger charge is -2.41. The quantitative estimate of drug-likeness (QED) is 0.900. The monoisotopic (exact) mass is 290 g/mol. The van der Waals surface area contributed by atoms with E-state index < -0.39 is 5.54 Å². The summed E-state index contributed by atoms with van der Waals surface area (Å²) in [5.41, 5.74) is 1.44. The lowest BCUT2D eigenvalue weighted by molar-refractivity contribution is -0.142. The summed E-state index contributed by atoms with van der Waals surface area (Å²) < 4.78 is 0. The molecule has 0 atom stereocenters. The molecule has 1 aliphatic rings. The van der Waals surface area contributed by atoms with Crippen LogP contribution < -0.4 is 5.32 Å². The van der Waals surface area contributed by atoms with Crippen molar-refractivity contribution in [2.75, 3.05) is 33.2 Å². The van der Waals surface area contributed by atoms with Gasteiger partial charge in [-0.1, -0.05) is 6.07 Å². The Morgan fingerprint density at radius 1 is 1.38 bits per heavy atom. The SMILES string of the molecule is Cc1cccc(CN(C)C(=O)C(C)(C)N2CCNCC2)n1. The third kappa shape index (κ3) is 3.80. The Kier molecular flexibility index (Phi) is 4.96. The normalized spacial score (nSPS) is 16.8. The highest BCUT2D eigenvalue weighted by Gasteiger charge is 2.37. The number of aromatic nitrogens is 1. The first kappa shape index (κ1) is 15.9. The minimum absolute atomic E-state index is 0.146. The molecule has 0 radical (unpaired) electrons. The number of hydrogen-bond acceptors (Lipinski definition) is 4. The molecule has 0 aliphatic carbocycles. The second kappa shape index (κ2) is 6.54. The van der Waals surface area contributed by atoms with Gasteiger partial charge in [0.1, 0.15) is 0 Å². The maximum absolute atomic E-state index is 12.8. The molecule has 116 valence electrons. The number of carbonyl (C=O) groups is 1. The maximum atomic E-state index is 12.8. The fraction of sp³-hybridized carbons (Fsp3) is 0.625. The molecule has 0 spiro atoms. The number of amides is 1. The average molecular weight is 290 g/mol. The fourth-order valence-electron chi connectivity index (χ4n) is 2.83. The van der Waals surface area contributed by atoms with Crippen LogP contribution in [-0.4, -0.2) is 59.5 Å². The summed E-state index contributed by atoms with van der Waals surface area (Å²) in [5.74, 6) is 0.146. The third-order valence-electron chi connectivity index (χ3n) is 4.12. The predicted octanol–water partition coefficient (Wildman–Crippen LogP) is 1.03. The van der Waals surface area contributed by atoms with Gasteiger partial charge in [-0.3, -0.25) is 14.7 Å². The van der Waals surface area contributed by atoms with Gasteiger partial charge < -0.3 is 10.2 Å². The Morgan fingerprint density at radius 2 is 2.05 bits per heavy atom. The first-order chi connectivity index (χ1) is 9.91. The zero-order valence-corrected chi connectivity index (χ0v) is 13.5. The van der Waals surface area contributed by atoms with Crippen LogP contribution >= 0.6 is 0 Å². The Hall–Kier alpha value is -1.46. The maximum Gasteiger partial charge on any atom is 0.242 e. The predicted molar refractivity (Wildman–Crippen MR) is 84.0 cm³/mol. The molecule has 0 bridgehead atoms. The lowest BCUT2D eigenvalue weighted by atomic mass is 9.99. The molecule has 1 aromatic heterocycles. The molecule has 0 saturated carbocycles. The molecule has 1 fully saturated rings. The zero-order chi connectivity index (χ0) is 15.5. The molecule has 0 unspecified atom stereocenters. The highest BCUT2D eigenvalue weighted by Crippen LogP contribution is 2.18. The van der Waals surface area contributed by atoms with Crippen molar-refractivity contribution in [3.8, 4) is 0 Å². The molecule has 1 amide bonds. The number of likely N-dealkylation sites (N-methyl/N-ethyl adjacent to an activating group) is 1. The summed E-state index contributed by atoms with van der Waals surface area (Å²) in [6, 6.07) is 5.92. The minimum atomic E-state index is -0.472.